The average Bonchev–Trinajstić information content (AvgIpc) is 3.36. The number of carbonyl (C=O) groups excluding carboxylic acids is 1. The van der Waals surface area contributed by atoms with Crippen molar-refractivity contribution < 1.29 is 4.79 Å². The fourth-order valence-electron chi connectivity index (χ4n) is 3.30. The minimum Gasteiger partial charge on any atom is -0.321 e. The van der Waals surface area contributed by atoms with Crippen LogP contribution < -0.4 is 5.32 Å². The maximum atomic E-state index is 12.7. The first-order valence-corrected chi connectivity index (χ1v) is 8.81. The molecular weight excluding hydrogens is 312 g/mol. The summed E-state index contributed by atoms with van der Waals surface area (Å²) in [6.07, 6.45) is 2.34. The molecule has 1 N–H and O–H groups in total. The fourth-order valence-corrected chi connectivity index (χ4v) is 3.30. The van der Waals surface area contributed by atoms with Gasteiger partial charge >= 0.3 is 0 Å². The molecule has 128 valence electrons. The highest BCUT2D eigenvalue weighted by molar-refractivity contribution is 6.06. The van der Waals surface area contributed by atoms with Crippen molar-refractivity contribution in [3.05, 3.63) is 53.1 Å². The molecule has 0 radical (unpaired) electrons. The monoisotopic (exact) mass is 334 g/mol. The van der Waals surface area contributed by atoms with Crippen LogP contribution >= 0.6 is 0 Å². The number of benzene rings is 2. The topological polar surface area (TPSA) is 59.8 Å². The van der Waals surface area contributed by atoms with Crippen molar-refractivity contribution in [2.45, 2.75) is 45.6 Å². The third-order valence-electron chi connectivity index (χ3n) is 4.82. The summed E-state index contributed by atoms with van der Waals surface area (Å²) >= 11 is 0. The van der Waals surface area contributed by atoms with Gasteiger partial charge in [-0.15, -0.1) is 5.10 Å². The second-order valence-corrected chi connectivity index (χ2v) is 7.06. The molecule has 2 aromatic carbocycles. The van der Waals surface area contributed by atoms with Crippen LogP contribution in [-0.2, 0) is 0 Å². The molecule has 1 aromatic heterocycles. The maximum absolute atomic E-state index is 12.7. The Balaban J connectivity index is 1.81. The van der Waals surface area contributed by atoms with E-state index in [1.807, 2.05) is 41.9 Å². The number of aromatic nitrogens is 3. The Hall–Kier alpha value is -2.69. The Kier molecular flexibility index (Phi) is 3.79. The Morgan fingerprint density at radius 1 is 1.24 bits per heavy atom. The van der Waals surface area contributed by atoms with Crippen LogP contribution in [0.1, 0.15) is 60.1 Å². The molecule has 3 aromatic rings. The molecule has 1 saturated carbocycles. The van der Waals surface area contributed by atoms with Crippen LogP contribution in [0.4, 0.5) is 5.69 Å². The first kappa shape index (κ1) is 15.8. The van der Waals surface area contributed by atoms with Crippen LogP contribution in [0.3, 0.4) is 0 Å². The molecule has 25 heavy (non-hydrogen) atoms. The van der Waals surface area contributed by atoms with E-state index in [0.29, 0.717) is 11.5 Å². The van der Waals surface area contributed by atoms with Crippen LogP contribution in [0.2, 0.25) is 0 Å². The van der Waals surface area contributed by atoms with E-state index < -0.39 is 0 Å². The number of nitrogens with one attached hydrogen (secondary N) is 1. The molecule has 1 aliphatic carbocycles. The number of hydrogen-bond acceptors (Lipinski definition) is 3. The summed E-state index contributed by atoms with van der Waals surface area (Å²) in [6.45, 7) is 6.23. The maximum Gasteiger partial charge on any atom is 0.255 e. The Bertz CT molecular complexity index is 939. The molecule has 4 rings (SSSR count). The van der Waals surface area contributed by atoms with Gasteiger partial charge in [0.1, 0.15) is 5.52 Å². The van der Waals surface area contributed by atoms with E-state index in [2.05, 4.69) is 35.5 Å². The van der Waals surface area contributed by atoms with E-state index in [4.69, 9.17) is 0 Å². The molecule has 0 aliphatic heterocycles. The predicted molar refractivity (Wildman–Crippen MR) is 99.0 cm³/mol. The van der Waals surface area contributed by atoms with E-state index in [1.165, 1.54) is 18.4 Å². The number of nitrogens with zero attached hydrogens (tertiary/aromatic N) is 3. The molecule has 1 amide bonds. The average molecular weight is 334 g/mol. The van der Waals surface area contributed by atoms with Gasteiger partial charge in [-0.2, -0.15) is 0 Å². The highest BCUT2D eigenvalue weighted by atomic mass is 16.1. The van der Waals surface area contributed by atoms with Gasteiger partial charge in [0, 0.05) is 22.9 Å². The van der Waals surface area contributed by atoms with Gasteiger partial charge in [0.15, 0.2) is 0 Å². The summed E-state index contributed by atoms with van der Waals surface area (Å²) in [4.78, 5) is 12.7. The van der Waals surface area contributed by atoms with Gasteiger partial charge in [0.25, 0.3) is 5.91 Å². The fraction of sp³-hybridized carbons (Fsp3) is 0.350. The third-order valence-corrected chi connectivity index (χ3v) is 4.82. The Labute approximate surface area is 147 Å². The number of carbonyl (C=O) groups is 1. The summed E-state index contributed by atoms with van der Waals surface area (Å²) in [7, 11) is 0. The lowest BCUT2D eigenvalue weighted by atomic mass is 10.0. The molecule has 0 bridgehead atoms. The molecule has 5 nitrogen and oxygen atoms in total. The van der Waals surface area contributed by atoms with E-state index in [-0.39, 0.29) is 11.9 Å². The van der Waals surface area contributed by atoms with E-state index in [1.54, 1.807) is 0 Å². The molecular formula is C20H22N4O. The Morgan fingerprint density at radius 3 is 2.60 bits per heavy atom. The zero-order chi connectivity index (χ0) is 17.6. The zero-order valence-electron chi connectivity index (χ0n) is 14.8. The van der Waals surface area contributed by atoms with Crippen LogP contribution in [0.15, 0.2) is 36.4 Å². The van der Waals surface area contributed by atoms with Gasteiger partial charge in [-0.3, -0.25) is 4.79 Å². The zero-order valence-corrected chi connectivity index (χ0v) is 14.8. The molecule has 1 aliphatic rings. The van der Waals surface area contributed by atoms with Crippen molar-refractivity contribution >= 4 is 22.6 Å². The summed E-state index contributed by atoms with van der Waals surface area (Å²) in [5.41, 5.74) is 5.68. The minimum absolute atomic E-state index is 0.0822. The van der Waals surface area contributed by atoms with Crippen molar-refractivity contribution in [3.63, 3.8) is 0 Å². The first-order chi connectivity index (χ1) is 12.1. The number of amides is 1. The number of anilines is 1. The third kappa shape index (κ3) is 2.80. The van der Waals surface area contributed by atoms with Gasteiger partial charge in [0.05, 0.1) is 5.52 Å². The standard InChI is InChI=1S/C20H22N4O/c1-12(2)24-17-11-16(14-9-10-14)18(13(3)19(17)22-23-24)21-20(25)15-7-5-4-6-8-15/h4-8,11-12,14H,9-10H2,1-3H3,(H,21,25). The smallest absolute Gasteiger partial charge is 0.255 e. The van der Waals surface area contributed by atoms with Gasteiger partial charge in [-0.1, -0.05) is 23.4 Å². The Morgan fingerprint density at radius 2 is 1.96 bits per heavy atom. The SMILES string of the molecule is Cc1c(NC(=O)c2ccccc2)c(C2CC2)cc2c1nnn2C(C)C. The normalized spacial score (nSPS) is 14.2. The van der Waals surface area contributed by atoms with Crippen LogP contribution in [-0.4, -0.2) is 20.9 Å². The van der Waals surface area contributed by atoms with Gasteiger partial charge in [-0.25, -0.2) is 4.68 Å². The number of hydrogen-bond donors (Lipinski definition) is 1. The largest absolute Gasteiger partial charge is 0.321 e. The molecule has 0 saturated heterocycles. The lowest BCUT2D eigenvalue weighted by Crippen LogP contribution is -2.14. The summed E-state index contributed by atoms with van der Waals surface area (Å²) in [5, 5.41) is 11.8. The van der Waals surface area contributed by atoms with Crippen molar-refractivity contribution in [2.24, 2.45) is 0 Å². The van der Waals surface area contributed by atoms with Gasteiger partial charge < -0.3 is 5.32 Å². The van der Waals surface area contributed by atoms with Crippen LogP contribution in [0.25, 0.3) is 11.0 Å². The lowest BCUT2D eigenvalue weighted by Gasteiger charge is -2.15. The van der Waals surface area contributed by atoms with E-state index in [9.17, 15) is 4.79 Å². The molecule has 5 heteroatoms. The van der Waals surface area contributed by atoms with E-state index in [0.717, 1.165) is 22.3 Å². The predicted octanol–water partition coefficient (Wildman–Crippen LogP) is 4.45. The molecule has 0 spiro atoms. The summed E-state index contributed by atoms with van der Waals surface area (Å²) < 4.78 is 1.96. The molecule has 1 heterocycles. The number of fused-ring (bicyclic) bond motifs is 1. The molecule has 1 fully saturated rings. The van der Waals surface area contributed by atoms with Crippen molar-refractivity contribution in [2.75, 3.05) is 5.32 Å². The van der Waals surface area contributed by atoms with E-state index >= 15 is 0 Å². The second kappa shape index (κ2) is 5.99. The molecule has 0 atom stereocenters. The van der Waals surface area contributed by atoms with Gasteiger partial charge in [-0.05, 0) is 63.3 Å². The lowest BCUT2D eigenvalue weighted by molar-refractivity contribution is 0.102. The first-order valence-electron chi connectivity index (χ1n) is 8.81. The van der Waals surface area contributed by atoms with Crippen LogP contribution in [0.5, 0.6) is 0 Å². The van der Waals surface area contributed by atoms with Crippen LogP contribution in [0, 0.1) is 6.92 Å². The van der Waals surface area contributed by atoms with Crippen molar-refractivity contribution in [3.8, 4) is 0 Å². The highest BCUT2D eigenvalue weighted by Gasteiger charge is 2.29. The number of aryl methyl sites for hydroxylation is 1. The second-order valence-electron chi connectivity index (χ2n) is 7.06. The summed E-state index contributed by atoms with van der Waals surface area (Å²) in [5.74, 6) is 0.436. The van der Waals surface area contributed by atoms with Crippen molar-refractivity contribution in [1.82, 2.24) is 15.0 Å². The number of rotatable bonds is 4. The minimum atomic E-state index is -0.0822. The highest BCUT2D eigenvalue weighted by Crippen LogP contribution is 2.46. The quantitative estimate of drug-likeness (QED) is 0.767. The van der Waals surface area contributed by atoms with Gasteiger partial charge in [0.2, 0.25) is 0 Å². The summed E-state index contributed by atoms with van der Waals surface area (Å²) in [6, 6.07) is 11.7. The molecule has 0 unspecified atom stereocenters. The van der Waals surface area contributed by atoms with Crippen molar-refractivity contribution in [1.29, 1.82) is 0 Å².